The number of benzene rings is 1. The van der Waals surface area contributed by atoms with Gasteiger partial charge in [0, 0.05) is 19.0 Å². The molecule has 0 aliphatic carbocycles. The lowest BCUT2D eigenvalue weighted by Gasteiger charge is -2.09. The maximum Gasteiger partial charge on any atom is 0.228 e. The molecule has 1 atom stereocenters. The monoisotopic (exact) mass is 306 g/mol. The number of methoxy groups -OCH3 is 1. The minimum atomic E-state index is -0.189. The minimum Gasteiger partial charge on any atom is -0.497 e. The van der Waals surface area contributed by atoms with Gasteiger partial charge in [0.1, 0.15) is 11.6 Å². The molecule has 2 aromatic heterocycles. The van der Waals surface area contributed by atoms with E-state index < -0.39 is 0 Å². The number of halogens is 1. The highest BCUT2D eigenvalue weighted by molar-refractivity contribution is 6.20. The highest BCUT2D eigenvalue weighted by atomic mass is 35.5. The summed E-state index contributed by atoms with van der Waals surface area (Å²) in [6.07, 6.45) is 2.03. The Morgan fingerprint density at radius 2 is 2.29 bits per heavy atom. The van der Waals surface area contributed by atoms with Crippen molar-refractivity contribution in [3.63, 3.8) is 0 Å². The predicted octanol–water partition coefficient (Wildman–Crippen LogP) is 2.97. The zero-order chi connectivity index (χ0) is 14.8. The number of fused-ring (bicyclic) bond motifs is 1. The molecule has 3 rings (SSSR count). The molecule has 6 nitrogen and oxygen atoms in total. The average molecular weight is 307 g/mol. The largest absolute Gasteiger partial charge is 0.497 e. The maximum absolute atomic E-state index is 6.25. The molecule has 0 saturated heterocycles. The van der Waals surface area contributed by atoms with E-state index in [0.29, 0.717) is 18.9 Å². The summed E-state index contributed by atoms with van der Waals surface area (Å²) in [6.45, 7) is 2.58. The Balaban J connectivity index is 1.99. The number of ether oxygens (including phenoxy) is 1. The van der Waals surface area contributed by atoms with E-state index in [1.165, 1.54) is 6.33 Å². The lowest BCUT2D eigenvalue weighted by Crippen LogP contribution is -2.07. The van der Waals surface area contributed by atoms with Gasteiger partial charge in [0.25, 0.3) is 0 Å². The molecule has 0 spiro atoms. The van der Waals surface area contributed by atoms with Crippen LogP contribution < -0.4 is 4.74 Å². The third-order valence-corrected chi connectivity index (χ3v) is 3.49. The minimum absolute atomic E-state index is 0.189. The lowest BCUT2D eigenvalue weighted by atomic mass is 10.3. The number of imidazole rings is 1. The van der Waals surface area contributed by atoms with Gasteiger partial charge in [-0.3, -0.25) is 0 Å². The SMILES string of the molecule is COc1ccc2c(c1)nc(C(C)Cl)n2CCc1ncno1. The van der Waals surface area contributed by atoms with Crippen molar-refractivity contribution < 1.29 is 9.26 Å². The van der Waals surface area contributed by atoms with Crippen LogP contribution in [0.2, 0.25) is 0 Å². The molecule has 21 heavy (non-hydrogen) atoms. The molecule has 7 heteroatoms. The van der Waals surface area contributed by atoms with Crippen molar-refractivity contribution in [3.05, 3.63) is 36.2 Å². The Kier molecular flexibility index (Phi) is 3.79. The van der Waals surface area contributed by atoms with E-state index in [4.69, 9.17) is 20.9 Å². The van der Waals surface area contributed by atoms with Gasteiger partial charge in [0.2, 0.25) is 5.89 Å². The number of hydrogen-bond donors (Lipinski definition) is 0. The number of alkyl halides is 1. The van der Waals surface area contributed by atoms with Crippen LogP contribution in [0.15, 0.2) is 29.0 Å². The molecule has 3 aromatic rings. The molecule has 0 N–H and O–H groups in total. The summed E-state index contributed by atoms with van der Waals surface area (Å²) in [5.74, 6) is 2.19. The number of hydrogen-bond acceptors (Lipinski definition) is 5. The van der Waals surface area contributed by atoms with Gasteiger partial charge in [-0.1, -0.05) is 5.16 Å². The Hall–Kier alpha value is -2.08. The van der Waals surface area contributed by atoms with Crippen LogP contribution in [0.25, 0.3) is 11.0 Å². The summed E-state index contributed by atoms with van der Waals surface area (Å²) in [7, 11) is 1.64. The zero-order valence-corrected chi connectivity index (χ0v) is 12.5. The van der Waals surface area contributed by atoms with Gasteiger partial charge in [-0.25, -0.2) is 4.98 Å². The van der Waals surface area contributed by atoms with Crippen molar-refractivity contribution in [2.45, 2.75) is 25.3 Å². The Morgan fingerprint density at radius 3 is 2.95 bits per heavy atom. The second-order valence-electron chi connectivity index (χ2n) is 4.68. The molecular weight excluding hydrogens is 292 g/mol. The van der Waals surface area contributed by atoms with Gasteiger partial charge in [-0.15, -0.1) is 11.6 Å². The summed E-state index contributed by atoms with van der Waals surface area (Å²) in [4.78, 5) is 8.64. The molecule has 110 valence electrons. The summed E-state index contributed by atoms with van der Waals surface area (Å²) in [5.41, 5.74) is 1.88. The van der Waals surface area contributed by atoms with Gasteiger partial charge in [0.05, 0.1) is 23.5 Å². The standard InChI is InChI=1S/C14H15ClN4O2/c1-9(15)14-18-11-7-10(20-2)3-4-12(11)19(14)6-5-13-16-8-17-21-13/h3-4,7-9H,5-6H2,1-2H3. The Bertz CT molecular complexity index is 737. The van der Waals surface area contributed by atoms with Crippen molar-refractivity contribution in [1.82, 2.24) is 19.7 Å². The highest BCUT2D eigenvalue weighted by Gasteiger charge is 2.16. The van der Waals surface area contributed by atoms with Gasteiger partial charge in [-0.2, -0.15) is 4.98 Å². The van der Waals surface area contributed by atoms with Gasteiger partial charge in [-0.05, 0) is 19.1 Å². The van der Waals surface area contributed by atoms with Crippen LogP contribution >= 0.6 is 11.6 Å². The summed E-state index contributed by atoms with van der Waals surface area (Å²) in [5, 5.41) is 3.42. The van der Waals surface area contributed by atoms with Crippen molar-refractivity contribution in [2.24, 2.45) is 0 Å². The van der Waals surface area contributed by atoms with Crippen molar-refractivity contribution in [2.75, 3.05) is 7.11 Å². The van der Waals surface area contributed by atoms with Crippen molar-refractivity contribution >= 4 is 22.6 Å². The number of nitrogens with zero attached hydrogens (tertiary/aromatic N) is 4. The molecule has 0 radical (unpaired) electrons. The first-order valence-corrected chi connectivity index (χ1v) is 7.06. The third kappa shape index (κ3) is 2.71. The van der Waals surface area contributed by atoms with Gasteiger partial charge < -0.3 is 13.8 Å². The van der Waals surface area contributed by atoms with Crippen LogP contribution in [-0.2, 0) is 13.0 Å². The normalized spacial score (nSPS) is 12.7. The molecule has 1 aromatic carbocycles. The van der Waals surface area contributed by atoms with Crippen LogP contribution in [0.5, 0.6) is 5.75 Å². The van der Waals surface area contributed by atoms with Crippen LogP contribution in [0, 0.1) is 0 Å². The van der Waals surface area contributed by atoms with E-state index in [-0.39, 0.29) is 5.38 Å². The van der Waals surface area contributed by atoms with E-state index in [1.54, 1.807) is 7.11 Å². The van der Waals surface area contributed by atoms with E-state index in [0.717, 1.165) is 22.6 Å². The topological polar surface area (TPSA) is 66.0 Å². The van der Waals surface area contributed by atoms with Crippen LogP contribution in [0.1, 0.15) is 24.0 Å². The van der Waals surface area contributed by atoms with Gasteiger partial charge >= 0.3 is 0 Å². The average Bonchev–Trinajstić information content (AvgIpc) is 3.11. The molecule has 0 aliphatic heterocycles. The predicted molar refractivity (Wildman–Crippen MR) is 78.6 cm³/mol. The highest BCUT2D eigenvalue weighted by Crippen LogP contribution is 2.27. The number of aromatic nitrogens is 4. The quantitative estimate of drug-likeness (QED) is 0.678. The molecule has 0 fully saturated rings. The Morgan fingerprint density at radius 1 is 1.43 bits per heavy atom. The van der Waals surface area contributed by atoms with Crippen LogP contribution in [0.4, 0.5) is 0 Å². The number of rotatable bonds is 5. The first-order chi connectivity index (χ1) is 10.2. The first kappa shape index (κ1) is 13.9. The van der Waals surface area contributed by atoms with Crippen molar-refractivity contribution in [3.8, 4) is 5.75 Å². The fourth-order valence-electron chi connectivity index (χ4n) is 2.31. The van der Waals surface area contributed by atoms with Crippen molar-refractivity contribution in [1.29, 1.82) is 0 Å². The van der Waals surface area contributed by atoms with E-state index in [2.05, 4.69) is 19.7 Å². The van der Waals surface area contributed by atoms with E-state index in [1.807, 2.05) is 25.1 Å². The molecule has 0 saturated carbocycles. The zero-order valence-electron chi connectivity index (χ0n) is 11.8. The molecule has 0 aliphatic rings. The van der Waals surface area contributed by atoms with Crippen LogP contribution in [-0.4, -0.2) is 26.8 Å². The number of aryl methyl sites for hydroxylation is 2. The maximum atomic E-state index is 6.25. The first-order valence-electron chi connectivity index (χ1n) is 6.63. The Labute approximate surface area is 126 Å². The summed E-state index contributed by atoms with van der Waals surface area (Å²) < 4.78 is 12.3. The van der Waals surface area contributed by atoms with E-state index >= 15 is 0 Å². The van der Waals surface area contributed by atoms with Crippen LogP contribution in [0.3, 0.4) is 0 Å². The fourth-order valence-corrected chi connectivity index (χ4v) is 2.47. The molecular formula is C14H15ClN4O2. The molecule has 0 amide bonds. The lowest BCUT2D eigenvalue weighted by molar-refractivity contribution is 0.370. The molecule has 2 heterocycles. The smallest absolute Gasteiger partial charge is 0.228 e. The fraction of sp³-hybridized carbons (Fsp3) is 0.357. The third-order valence-electron chi connectivity index (χ3n) is 3.30. The second kappa shape index (κ2) is 5.73. The molecule has 1 unspecified atom stereocenters. The van der Waals surface area contributed by atoms with Gasteiger partial charge in [0.15, 0.2) is 6.33 Å². The molecule has 0 bridgehead atoms. The second-order valence-corrected chi connectivity index (χ2v) is 5.33. The summed E-state index contributed by atoms with van der Waals surface area (Å²) in [6, 6.07) is 5.80. The summed E-state index contributed by atoms with van der Waals surface area (Å²) >= 11 is 6.25. The van der Waals surface area contributed by atoms with E-state index in [9.17, 15) is 0 Å².